The number of hydrogen-bond donors (Lipinski definition) is 1. The van der Waals surface area contributed by atoms with Gasteiger partial charge in [-0.15, -0.1) is 0 Å². The van der Waals surface area contributed by atoms with Gasteiger partial charge in [0, 0.05) is 0 Å². The quantitative estimate of drug-likeness (QED) is 0.416. The summed E-state index contributed by atoms with van der Waals surface area (Å²) in [6.07, 6.45) is 0. The number of nitrogens with zero attached hydrogens (tertiary/aromatic N) is 1. The van der Waals surface area contributed by atoms with Gasteiger partial charge >= 0.3 is 0 Å². The van der Waals surface area contributed by atoms with E-state index in [4.69, 9.17) is 11.6 Å². The third-order valence-electron chi connectivity index (χ3n) is 1.68. The summed E-state index contributed by atoms with van der Waals surface area (Å²) in [5.41, 5.74) is -1.25. The monoisotopic (exact) mass is 224 g/mol. The molecular formula is C7HClF4N2. The predicted octanol–water partition coefficient (Wildman–Crippen LogP) is 2.77. The maximum atomic E-state index is 12.9. The Morgan fingerprint density at radius 2 is 1.50 bits per heavy atom. The number of aromatic amines is 1. The van der Waals surface area contributed by atoms with Crippen molar-refractivity contribution < 1.29 is 17.6 Å². The molecule has 0 aliphatic heterocycles. The molecule has 1 aromatic carbocycles. The number of aromatic nitrogens is 2. The molecule has 0 fully saturated rings. The number of benzene rings is 1. The van der Waals surface area contributed by atoms with Crippen LogP contribution >= 0.6 is 11.6 Å². The van der Waals surface area contributed by atoms with Crippen molar-refractivity contribution in [3.63, 3.8) is 0 Å². The highest BCUT2D eigenvalue weighted by molar-refractivity contribution is 6.29. The van der Waals surface area contributed by atoms with Gasteiger partial charge in [0.2, 0.25) is 5.28 Å². The Labute approximate surface area is 79.5 Å². The van der Waals surface area contributed by atoms with Crippen LogP contribution in [0.4, 0.5) is 17.6 Å². The largest absolute Gasteiger partial charge is 0.326 e. The summed E-state index contributed by atoms with van der Waals surface area (Å²) in [6.45, 7) is 0. The fourth-order valence-corrected chi connectivity index (χ4v) is 1.25. The van der Waals surface area contributed by atoms with Gasteiger partial charge in [-0.2, -0.15) is 0 Å². The minimum Gasteiger partial charge on any atom is -0.326 e. The summed E-state index contributed by atoms with van der Waals surface area (Å²) in [7, 11) is 0. The highest BCUT2D eigenvalue weighted by atomic mass is 35.5. The van der Waals surface area contributed by atoms with E-state index >= 15 is 0 Å². The first kappa shape index (κ1) is 9.26. The maximum absolute atomic E-state index is 12.9. The van der Waals surface area contributed by atoms with Crippen LogP contribution in [-0.2, 0) is 0 Å². The second kappa shape index (κ2) is 2.84. The normalized spacial score (nSPS) is 11.2. The van der Waals surface area contributed by atoms with Crippen LogP contribution in [0, 0.1) is 23.3 Å². The third kappa shape index (κ3) is 1.07. The van der Waals surface area contributed by atoms with Crippen molar-refractivity contribution in [2.75, 3.05) is 0 Å². The second-order valence-corrected chi connectivity index (χ2v) is 2.87. The average molecular weight is 225 g/mol. The molecule has 14 heavy (non-hydrogen) atoms. The number of fused-ring (bicyclic) bond motifs is 1. The zero-order chi connectivity index (χ0) is 10.5. The lowest BCUT2D eigenvalue weighted by molar-refractivity contribution is 0.417. The Kier molecular flexibility index (Phi) is 1.88. The van der Waals surface area contributed by atoms with Gasteiger partial charge in [-0.05, 0) is 11.6 Å². The molecule has 1 N–H and O–H groups in total. The molecule has 0 atom stereocenters. The lowest BCUT2D eigenvalue weighted by Crippen LogP contribution is -1.97. The van der Waals surface area contributed by atoms with Gasteiger partial charge < -0.3 is 4.98 Å². The number of halogens is 5. The molecule has 0 unspecified atom stereocenters. The summed E-state index contributed by atoms with van der Waals surface area (Å²) in [5, 5.41) is -0.345. The van der Waals surface area contributed by atoms with Crippen molar-refractivity contribution in [2.24, 2.45) is 0 Å². The van der Waals surface area contributed by atoms with Gasteiger partial charge in [0.05, 0.1) is 0 Å². The Hall–Kier alpha value is -1.30. The minimum atomic E-state index is -1.90. The van der Waals surface area contributed by atoms with Crippen LogP contribution in [0.1, 0.15) is 0 Å². The number of H-pyrrole nitrogens is 1. The molecule has 0 bridgehead atoms. The fourth-order valence-electron chi connectivity index (χ4n) is 1.07. The Morgan fingerprint density at radius 3 is 2.14 bits per heavy atom. The number of rotatable bonds is 0. The fraction of sp³-hybridized carbons (Fsp3) is 0. The highest BCUT2D eigenvalue weighted by Crippen LogP contribution is 2.25. The number of hydrogen-bond acceptors (Lipinski definition) is 1. The van der Waals surface area contributed by atoms with Crippen LogP contribution < -0.4 is 0 Å². The molecule has 0 radical (unpaired) electrons. The first-order valence-electron chi connectivity index (χ1n) is 3.39. The van der Waals surface area contributed by atoms with Gasteiger partial charge in [-0.25, -0.2) is 22.5 Å². The molecule has 1 heterocycles. The Morgan fingerprint density at radius 1 is 0.929 bits per heavy atom. The summed E-state index contributed by atoms with van der Waals surface area (Å²) in [4.78, 5) is 5.33. The molecule has 0 aliphatic rings. The Bertz CT molecular complexity index is 477. The highest BCUT2D eigenvalue weighted by Gasteiger charge is 2.22. The van der Waals surface area contributed by atoms with E-state index in [0.29, 0.717) is 0 Å². The van der Waals surface area contributed by atoms with Crippen molar-refractivity contribution in [2.45, 2.75) is 0 Å². The minimum absolute atomic E-state index is 0.345. The number of imidazole rings is 1. The molecule has 2 nitrogen and oxygen atoms in total. The van der Waals surface area contributed by atoms with E-state index in [1.807, 2.05) is 0 Å². The van der Waals surface area contributed by atoms with Crippen molar-refractivity contribution in [1.82, 2.24) is 9.97 Å². The van der Waals surface area contributed by atoms with Crippen LogP contribution in [0.25, 0.3) is 11.0 Å². The van der Waals surface area contributed by atoms with Gasteiger partial charge in [-0.1, -0.05) is 0 Å². The van der Waals surface area contributed by atoms with Gasteiger partial charge in [0.25, 0.3) is 0 Å². The van der Waals surface area contributed by atoms with E-state index in [2.05, 4.69) is 9.97 Å². The molecule has 0 aliphatic carbocycles. The third-order valence-corrected chi connectivity index (χ3v) is 1.86. The lowest BCUT2D eigenvalue weighted by Gasteiger charge is -1.97. The first-order chi connectivity index (χ1) is 6.52. The van der Waals surface area contributed by atoms with Crippen LogP contribution in [-0.4, -0.2) is 9.97 Å². The molecule has 0 spiro atoms. The van der Waals surface area contributed by atoms with Gasteiger partial charge in [0.1, 0.15) is 11.0 Å². The van der Waals surface area contributed by atoms with E-state index in [1.165, 1.54) is 0 Å². The van der Waals surface area contributed by atoms with Crippen LogP contribution in [0.15, 0.2) is 0 Å². The SMILES string of the molecule is Fc1c(F)c(F)c2[nH]c(Cl)nc2c1F. The van der Waals surface area contributed by atoms with Crippen LogP contribution in [0.3, 0.4) is 0 Å². The smallest absolute Gasteiger partial charge is 0.201 e. The van der Waals surface area contributed by atoms with Crippen molar-refractivity contribution in [3.8, 4) is 0 Å². The topological polar surface area (TPSA) is 28.7 Å². The molecule has 2 aromatic rings. The average Bonchev–Trinajstić information content (AvgIpc) is 2.54. The molecule has 7 heteroatoms. The molecule has 2 rings (SSSR count). The van der Waals surface area contributed by atoms with Crippen molar-refractivity contribution in [3.05, 3.63) is 28.6 Å². The van der Waals surface area contributed by atoms with E-state index < -0.39 is 34.3 Å². The zero-order valence-electron chi connectivity index (χ0n) is 6.34. The molecule has 1 aromatic heterocycles. The summed E-state index contributed by atoms with van der Waals surface area (Å²) in [6, 6.07) is 0. The maximum Gasteiger partial charge on any atom is 0.201 e. The number of nitrogens with one attached hydrogen (secondary N) is 1. The summed E-state index contributed by atoms with van der Waals surface area (Å²) >= 11 is 5.29. The van der Waals surface area contributed by atoms with Gasteiger partial charge in [-0.3, -0.25) is 0 Å². The van der Waals surface area contributed by atoms with E-state index in [9.17, 15) is 17.6 Å². The molecule has 0 saturated carbocycles. The zero-order valence-corrected chi connectivity index (χ0v) is 7.09. The van der Waals surface area contributed by atoms with Crippen LogP contribution in [0.5, 0.6) is 0 Å². The van der Waals surface area contributed by atoms with Crippen LogP contribution in [0.2, 0.25) is 5.28 Å². The Balaban J connectivity index is 3.01. The summed E-state index contributed by atoms with van der Waals surface area (Å²) < 4.78 is 51.2. The lowest BCUT2D eigenvalue weighted by atomic mass is 10.2. The molecule has 0 saturated heterocycles. The van der Waals surface area contributed by atoms with Crippen molar-refractivity contribution in [1.29, 1.82) is 0 Å². The second-order valence-electron chi connectivity index (χ2n) is 2.51. The molecule has 0 amide bonds. The standard InChI is InChI=1S/C7HClF4N2/c8-7-13-5-3(11)1(9)2(10)4(12)6(5)14-7/h(H,13,14). The van der Waals surface area contributed by atoms with E-state index in [-0.39, 0.29) is 5.28 Å². The van der Waals surface area contributed by atoms with E-state index in [1.54, 1.807) is 0 Å². The molecular weight excluding hydrogens is 224 g/mol. The van der Waals surface area contributed by atoms with Gasteiger partial charge in [0.15, 0.2) is 23.3 Å². The summed E-state index contributed by atoms with van der Waals surface area (Å²) in [5.74, 6) is -6.91. The molecule has 74 valence electrons. The van der Waals surface area contributed by atoms with E-state index in [0.717, 1.165) is 0 Å². The first-order valence-corrected chi connectivity index (χ1v) is 3.77. The van der Waals surface area contributed by atoms with Crippen molar-refractivity contribution >= 4 is 22.6 Å². The predicted molar refractivity (Wildman–Crippen MR) is 40.9 cm³/mol.